The Hall–Kier alpha value is -1.23. The molecule has 4 heteroatoms. The maximum Gasteiger partial charge on any atom is 0.0300 e. The topological polar surface area (TPSA) is 28.2 Å². The first kappa shape index (κ1) is 15.2. The zero-order valence-corrected chi connectivity index (χ0v) is 13.1. The van der Waals surface area contributed by atoms with Crippen LogP contribution in [0.5, 0.6) is 0 Å². The molecule has 20 heavy (non-hydrogen) atoms. The highest BCUT2D eigenvalue weighted by Crippen LogP contribution is 2.14. The number of hydrogen-bond donors (Lipinski definition) is 1. The van der Waals surface area contributed by atoms with Crippen molar-refractivity contribution in [2.45, 2.75) is 19.9 Å². The number of rotatable bonds is 8. The lowest BCUT2D eigenvalue weighted by molar-refractivity contribution is 0.335. The molecule has 0 aliphatic rings. The molecule has 0 saturated heterocycles. The third kappa shape index (κ3) is 5.41. The maximum absolute atomic E-state index is 4.04. The van der Waals surface area contributed by atoms with Gasteiger partial charge in [0.05, 0.1) is 0 Å². The van der Waals surface area contributed by atoms with E-state index < -0.39 is 0 Å². The normalized spacial score (nSPS) is 11.2. The van der Waals surface area contributed by atoms with Gasteiger partial charge in [-0.3, -0.25) is 4.98 Å². The van der Waals surface area contributed by atoms with E-state index in [0.29, 0.717) is 0 Å². The number of nitrogens with one attached hydrogen (secondary N) is 1. The Bertz CT molecular complexity index is 495. The zero-order valence-electron chi connectivity index (χ0n) is 12.3. The van der Waals surface area contributed by atoms with Crippen molar-refractivity contribution in [1.29, 1.82) is 0 Å². The molecule has 3 nitrogen and oxygen atoms in total. The van der Waals surface area contributed by atoms with Gasteiger partial charge in [-0.1, -0.05) is 0 Å². The lowest BCUT2D eigenvalue weighted by Gasteiger charge is -2.16. The molecule has 0 aromatic carbocycles. The second kappa shape index (κ2) is 8.15. The molecular formula is C16H23N3S. The molecule has 2 aromatic rings. The molecule has 1 N–H and O–H groups in total. The zero-order chi connectivity index (χ0) is 14.2. The summed E-state index contributed by atoms with van der Waals surface area (Å²) < 4.78 is 0. The van der Waals surface area contributed by atoms with Crippen molar-refractivity contribution in [3.63, 3.8) is 0 Å². The molecule has 0 atom stereocenters. The number of aryl methyl sites for hydroxylation is 1. The van der Waals surface area contributed by atoms with Gasteiger partial charge in [-0.25, -0.2) is 0 Å². The highest BCUT2D eigenvalue weighted by molar-refractivity contribution is 7.11. The van der Waals surface area contributed by atoms with Gasteiger partial charge in [0.1, 0.15) is 0 Å². The van der Waals surface area contributed by atoms with Gasteiger partial charge in [0.2, 0.25) is 0 Å². The number of hydrogen-bond acceptors (Lipinski definition) is 4. The maximum atomic E-state index is 4.04. The van der Waals surface area contributed by atoms with Gasteiger partial charge in [0, 0.05) is 48.3 Å². The first-order valence-corrected chi connectivity index (χ1v) is 7.89. The quantitative estimate of drug-likeness (QED) is 0.757. The van der Waals surface area contributed by atoms with Gasteiger partial charge in [-0.15, -0.1) is 11.3 Å². The minimum Gasteiger partial charge on any atom is -0.311 e. The molecule has 0 spiro atoms. The fraction of sp³-hybridized carbons (Fsp3) is 0.438. The van der Waals surface area contributed by atoms with Crippen LogP contribution in [0.3, 0.4) is 0 Å². The molecule has 2 rings (SSSR count). The Kier molecular flexibility index (Phi) is 6.18. The fourth-order valence-electron chi connectivity index (χ4n) is 2.04. The van der Waals surface area contributed by atoms with Gasteiger partial charge < -0.3 is 10.2 Å². The molecule has 0 amide bonds. The van der Waals surface area contributed by atoms with Crippen molar-refractivity contribution < 1.29 is 0 Å². The molecule has 2 heterocycles. The number of pyridine rings is 1. The predicted molar refractivity (Wildman–Crippen MR) is 86.2 cm³/mol. The van der Waals surface area contributed by atoms with Gasteiger partial charge in [-0.2, -0.15) is 0 Å². The molecule has 0 aliphatic heterocycles. The van der Waals surface area contributed by atoms with Crippen molar-refractivity contribution in [2.24, 2.45) is 0 Å². The summed E-state index contributed by atoms with van der Waals surface area (Å²) in [5.74, 6) is 0. The number of likely N-dealkylation sites (N-methyl/N-ethyl adjacent to an activating group) is 1. The highest BCUT2D eigenvalue weighted by Gasteiger charge is 2.00. The van der Waals surface area contributed by atoms with Crippen LogP contribution in [0.4, 0.5) is 0 Å². The smallest absolute Gasteiger partial charge is 0.0300 e. The highest BCUT2D eigenvalue weighted by atomic mass is 32.1. The number of nitrogens with zero attached hydrogens (tertiary/aromatic N) is 2. The summed E-state index contributed by atoms with van der Waals surface area (Å²) >= 11 is 1.87. The molecule has 0 saturated carbocycles. The monoisotopic (exact) mass is 289 g/mol. The molecular weight excluding hydrogens is 266 g/mol. The van der Waals surface area contributed by atoms with E-state index in [1.807, 2.05) is 23.7 Å². The first-order chi connectivity index (χ1) is 9.74. The van der Waals surface area contributed by atoms with E-state index in [0.717, 1.165) is 32.6 Å². The molecule has 2 aromatic heterocycles. The van der Waals surface area contributed by atoms with Gasteiger partial charge in [0.25, 0.3) is 0 Å². The van der Waals surface area contributed by atoms with E-state index in [2.05, 4.69) is 53.4 Å². The third-order valence-electron chi connectivity index (χ3n) is 3.30. The minimum atomic E-state index is 0.983. The summed E-state index contributed by atoms with van der Waals surface area (Å²) in [5.41, 5.74) is 1.36. The van der Waals surface area contributed by atoms with E-state index in [-0.39, 0.29) is 0 Å². The Labute approximate surface area is 125 Å². The van der Waals surface area contributed by atoms with Crippen LogP contribution in [0.1, 0.15) is 15.3 Å². The Morgan fingerprint density at radius 1 is 1.15 bits per heavy atom. The number of thiophene rings is 1. The van der Waals surface area contributed by atoms with Crippen LogP contribution >= 0.6 is 11.3 Å². The van der Waals surface area contributed by atoms with E-state index in [4.69, 9.17) is 0 Å². The van der Waals surface area contributed by atoms with Gasteiger partial charge >= 0.3 is 0 Å². The molecule has 0 bridgehead atoms. The first-order valence-electron chi connectivity index (χ1n) is 7.07. The largest absolute Gasteiger partial charge is 0.311 e. The van der Waals surface area contributed by atoms with Crippen molar-refractivity contribution in [2.75, 3.05) is 26.7 Å². The Balaban J connectivity index is 1.57. The average molecular weight is 289 g/mol. The van der Waals surface area contributed by atoms with Crippen LogP contribution in [0, 0.1) is 6.92 Å². The van der Waals surface area contributed by atoms with Crippen LogP contribution in [0.25, 0.3) is 0 Å². The summed E-state index contributed by atoms with van der Waals surface area (Å²) in [4.78, 5) is 9.21. The van der Waals surface area contributed by atoms with Crippen molar-refractivity contribution in [1.82, 2.24) is 15.2 Å². The second-order valence-electron chi connectivity index (χ2n) is 5.10. The lowest BCUT2D eigenvalue weighted by Crippen LogP contribution is -2.30. The summed E-state index contributed by atoms with van der Waals surface area (Å²) in [7, 11) is 2.18. The van der Waals surface area contributed by atoms with E-state index in [1.165, 1.54) is 15.3 Å². The van der Waals surface area contributed by atoms with E-state index in [9.17, 15) is 0 Å². The molecule has 0 radical (unpaired) electrons. The summed E-state index contributed by atoms with van der Waals surface area (Å²) in [6.45, 7) is 6.33. The van der Waals surface area contributed by atoms with Gasteiger partial charge in [-0.05, 0) is 50.2 Å². The molecule has 0 fully saturated rings. The predicted octanol–water partition coefficient (Wildman–Crippen LogP) is 2.72. The summed E-state index contributed by atoms with van der Waals surface area (Å²) in [6, 6.07) is 8.57. The lowest BCUT2D eigenvalue weighted by atomic mass is 10.2. The van der Waals surface area contributed by atoms with Crippen LogP contribution in [0.2, 0.25) is 0 Å². The number of aromatic nitrogens is 1. The standard InChI is InChI=1S/C16H23N3S/c1-14-3-4-16(20-14)13-18-10-12-19(2)11-7-15-5-8-17-9-6-15/h3-6,8-9,18H,7,10-13H2,1-2H3. The van der Waals surface area contributed by atoms with E-state index >= 15 is 0 Å². The molecule has 0 aliphatic carbocycles. The van der Waals surface area contributed by atoms with Crippen molar-refractivity contribution in [3.05, 3.63) is 52.0 Å². The average Bonchev–Trinajstić information content (AvgIpc) is 2.88. The third-order valence-corrected chi connectivity index (χ3v) is 4.30. The minimum absolute atomic E-state index is 0.983. The summed E-state index contributed by atoms with van der Waals surface area (Å²) in [5, 5.41) is 3.50. The second-order valence-corrected chi connectivity index (χ2v) is 6.47. The fourth-order valence-corrected chi connectivity index (χ4v) is 2.90. The summed E-state index contributed by atoms with van der Waals surface area (Å²) in [6.07, 6.45) is 4.81. The van der Waals surface area contributed by atoms with Crippen LogP contribution in [0.15, 0.2) is 36.7 Å². The van der Waals surface area contributed by atoms with Gasteiger partial charge in [0.15, 0.2) is 0 Å². The van der Waals surface area contributed by atoms with E-state index in [1.54, 1.807) is 0 Å². The Morgan fingerprint density at radius 3 is 2.65 bits per heavy atom. The van der Waals surface area contributed by atoms with Crippen LogP contribution < -0.4 is 5.32 Å². The van der Waals surface area contributed by atoms with Crippen LogP contribution in [-0.4, -0.2) is 36.6 Å². The molecule has 0 unspecified atom stereocenters. The molecule has 108 valence electrons. The Morgan fingerprint density at radius 2 is 1.95 bits per heavy atom. The SMILES string of the molecule is Cc1ccc(CNCCN(C)CCc2ccncc2)s1. The van der Waals surface area contributed by atoms with Crippen LogP contribution in [-0.2, 0) is 13.0 Å². The van der Waals surface area contributed by atoms with Crippen molar-refractivity contribution >= 4 is 11.3 Å². The van der Waals surface area contributed by atoms with Crippen molar-refractivity contribution in [3.8, 4) is 0 Å².